The highest BCUT2D eigenvalue weighted by Gasteiger charge is 2.15. The van der Waals surface area contributed by atoms with Crippen LogP contribution >= 0.6 is 15.9 Å². The van der Waals surface area contributed by atoms with Crippen molar-refractivity contribution in [3.63, 3.8) is 0 Å². The number of aromatic nitrogens is 2. The van der Waals surface area contributed by atoms with Gasteiger partial charge in [-0.3, -0.25) is 5.10 Å². The number of aromatic amines is 1. The van der Waals surface area contributed by atoms with Crippen molar-refractivity contribution >= 4 is 33.5 Å². The Balaban J connectivity index is 2.53. The number of hydrogen-bond acceptors (Lipinski definition) is 4. The molecule has 0 aliphatic heterocycles. The molecule has 1 aromatic heterocycles. The van der Waals surface area contributed by atoms with Crippen LogP contribution in [0, 0.1) is 6.92 Å². The van der Waals surface area contributed by atoms with E-state index in [1.807, 2.05) is 0 Å². The van der Waals surface area contributed by atoms with Gasteiger partial charge in [0.25, 0.3) is 0 Å². The lowest BCUT2D eigenvalue weighted by molar-refractivity contribution is -0.130. The number of aromatic hydroxyl groups is 1. The molecule has 0 saturated carbocycles. The lowest BCUT2D eigenvalue weighted by Crippen LogP contribution is -2.00. The molecule has 0 spiro atoms. The molecule has 0 radical (unpaired) electrons. The SMILES string of the molecule is COc1cc(C=C(C(=O)O)c2cc(C)[nH]n2)cc(Br)c1O. The van der Waals surface area contributed by atoms with Gasteiger partial charge >= 0.3 is 5.97 Å². The Labute approximate surface area is 129 Å². The smallest absolute Gasteiger partial charge is 0.337 e. The second kappa shape index (κ2) is 6.01. The number of rotatable bonds is 4. The topological polar surface area (TPSA) is 95.4 Å². The van der Waals surface area contributed by atoms with Gasteiger partial charge in [0.05, 0.1) is 22.8 Å². The number of phenolic OH excluding ortho intramolecular Hbond substituents is 1. The average molecular weight is 353 g/mol. The number of aliphatic carboxylic acids is 1. The van der Waals surface area contributed by atoms with Crippen molar-refractivity contribution in [3.8, 4) is 11.5 Å². The number of ether oxygens (including phenoxy) is 1. The molecule has 110 valence electrons. The van der Waals surface area contributed by atoms with Gasteiger partial charge in [-0.2, -0.15) is 5.10 Å². The molecule has 21 heavy (non-hydrogen) atoms. The van der Waals surface area contributed by atoms with E-state index in [0.29, 0.717) is 15.7 Å². The Morgan fingerprint density at radius 3 is 2.67 bits per heavy atom. The minimum atomic E-state index is -1.09. The zero-order valence-corrected chi connectivity index (χ0v) is 12.9. The van der Waals surface area contributed by atoms with Crippen molar-refractivity contribution in [2.45, 2.75) is 6.92 Å². The van der Waals surface area contributed by atoms with E-state index in [4.69, 9.17) is 4.74 Å². The lowest BCUT2D eigenvalue weighted by Gasteiger charge is -2.07. The number of aryl methyl sites for hydroxylation is 1. The van der Waals surface area contributed by atoms with Gasteiger partial charge in [-0.15, -0.1) is 0 Å². The van der Waals surface area contributed by atoms with Gasteiger partial charge in [0.15, 0.2) is 11.5 Å². The Morgan fingerprint density at radius 1 is 1.43 bits per heavy atom. The minimum Gasteiger partial charge on any atom is -0.503 e. The van der Waals surface area contributed by atoms with E-state index in [1.54, 1.807) is 25.1 Å². The van der Waals surface area contributed by atoms with E-state index in [2.05, 4.69) is 26.1 Å². The first-order valence-corrected chi connectivity index (χ1v) is 6.75. The van der Waals surface area contributed by atoms with Crippen molar-refractivity contribution in [2.75, 3.05) is 7.11 Å². The van der Waals surface area contributed by atoms with Crippen LogP contribution in [0.1, 0.15) is 17.0 Å². The summed E-state index contributed by atoms with van der Waals surface area (Å²) in [7, 11) is 1.42. The van der Waals surface area contributed by atoms with E-state index in [1.165, 1.54) is 13.2 Å². The number of H-pyrrole nitrogens is 1. The van der Waals surface area contributed by atoms with Gasteiger partial charge in [-0.25, -0.2) is 4.79 Å². The van der Waals surface area contributed by atoms with E-state index in [9.17, 15) is 15.0 Å². The number of nitrogens with one attached hydrogen (secondary N) is 1. The fourth-order valence-electron chi connectivity index (χ4n) is 1.80. The van der Waals surface area contributed by atoms with Crippen LogP contribution in [0.25, 0.3) is 11.6 Å². The van der Waals surface area contributed by atoms with E-state index in [-0.39, 0.29) is 17.1 Å². The predicted molar refractivity (Wildman–Crippen MR) is 81.2 cm³/mol. The number of nitrogens with zero attached hydrogens (tertiary/aromatic N) is 1. The van der Waals surface area contributed by atoms with Crippen LogP contribution in [-0.4, -0.2) is 33.5 Å². The van der Waals surface area contributed by atoms with Crippen molar-refractivity contribution in [1.29, 1.82) is 0 Å². The number of halogens is 1. The molecule has 0 saturated heterocycles. The third-order valence-electron chi connectivity index (χ3n) is 2.79. The molecule has 6 nitrogen and oxygen atoms in total. The summed E-state index contributed by atoms with van der Waals surface area (Å²) in [6.45, 7) is 1.79. The fourth-order valence-corrected chi connectivity index (χ4v) is 2.26. The van der Waals surface area contributed by atoms with Crippen LogP contribution in [0.2, 0.25) is 0 Å². The van der Waals surface area contributed by atoms with E-state index >= 15 is 0 Å². The van der Waals surface area contributed by atoms with Crippen LogP contribution in [-0.2, 0) is 4.79 Å². The summed E-state index contributed by atoms with van der Waals surface area (Å²) < 4.78 is 5.45. The van der Waals surface area contributed by atoms with Crippen LogP contribution in [0.15, 0.2) is 22.7 Å². The van der Waals surface area contributed by atoms with Gasteiger partial charge in [0, 0.05) is 5.69 Å². The molecule has 3 N–H and O–H groups in total. The van der Waals surface area contributed by atoms with Gasteiger partial charge in [-0.05, 0) is 52.7 Å². The number of methoxy groups -OCH3 is 1. The first-order valence-electron chi connectivity index (χ1n) is 5.96. The Bertz CT molecular complexity index is 722. The molecule has 0 fully saturated rings. The number of benzene rings is 1. The van der Waals surface area contributed by atoms with Crippen molar-refractivity contribution in [3.05, 3.63) is 39.6 Å². The molecular formula is C14H13BrN2O4. The predicted octanol–water partition coefficient (Wildman–Crippen LogP) is 2.82. The molecule has 0 amide bonds. The summed E-state index contributed by atoms with van der Waals surface area (Å²) in [4.78, 5) is 11.4. The molecule has 2 aromatic rings. The molecule has 0 atom stereocenters. The van der Waals surface area contributed by atoms with E-state index < -0.39 is 5.97 Å². The summed E-state index contributed by atoms with van der Waals surface area (Å²) in [6, 6.07) is 4.79. The highest BCUT2D eigenvalue weighted by Crippen LogP contribution is 2.36. The number of carboxylic acid groups (broad SMARTS) is 1. The maximum absolute atomic E-state index is 11.4. The quantitative estimate of drug-likeness (QED) is 0.735. The number of carbonyl (C=O) groups is 1. The second-order valence-electron chi connectivity index (χ2n) is 4.35. The van der Waals surface area contributed by atoms with Crippen LogP contribution < -0.4 is 4.74 Å². The Kier molecular flexibility index (Phi) is 4.32. The zero-order valence-electron chi connectivity index (χ0n) is 11.3. The fraction of sp³-hybridized carbons (Fsp3) is 0.143. The maximum Gasteiger partial charge on any atom is 0.337 e. The van der Waals surface area contributed by atoms with Gasteiger partial charge < -0.3 is 14.9 Å². The molecule has 0 aliphatic carbocycles. The minimum absolute atomic E-state index is 0.0397. The van der Waals surface area contributed by atoms with E-state index in [0.717, 1.165) is 5.69 Å². The number of phenols is 1. The first-order chi connectivity index (χ1) is 9.92. The molecule has 0 aliphatic rings. The summed E-state index contributed by atoms with van der Waals surface area (Å²) in [5.74, 6) is -0.884. The van der Waals surface area contributed by atoms with Crippen molar-refractivity contribution in [2.24, 2.45) is 0 Å². The molecule has 0 unspecified atom stereocenters. The average Bonchev–Trinajstić information content (AvgIpc) is 2.85. The van der Waals surface area contributed by atoms with Crippen molar-refractivity contribution < 1.29 is 19.7 Å². The van der Waals surface area contributed by atoms with Gasteiger partial charge in [0.1, 0.15) is 0 Å². The summed E-state index contributed by atoms with van der Waals surface area (Å²) in [6.07, 6.45) is 1.46. The van der Waals surface area contributed by atoms with Gasteiger partial charge in [-0.1, -0.05) is 0 Å². The standard InChI is InChI=1S/C14H13BrN2O4/c1-7-3-11(17-16-7)9(14(19)20)4-8-5-10(15)13(18)12(6-8)21-2/h3-6,18H,1-2H3,(H,16,17)(H,19,20). The number of hydrogen-bond donors (Lipinski definition) is 3. The summed E-state index contributed by atoms with van der Waals surface area (Å²) in [5.41, 5.74) is 1.71. The maximum atomic E-state index is 11.4. The summed E-state index contributed by atoms with van der Waals surface area (Å²) >= 11 is 3.20. The van der Waals surface area contributed by atoms with Crippen LogP contribution in [0.3, 0.4) is 0 Å². The lowest BCUT2D eigenvalue weighted by atomic mass is 10.1. The third kappa shape index (κ3) is 3.25. The molecule has 0 bridgehead atoms. The molecular weight excluding hydrogens is 340 g/mol. The molecule has 1 aromatic carbocycles. The normalized spacial score (nSPS) is 11.5. The van der Waals surface area contributed by atoms with Crippen molar-refractivity contribution in [1.82, 2.24) is 10.2 Å². The first kappa shape index (κ1) is 15.1. The molecule has 1 heterocycles. The Morgan fingerprint density at radius 2 is 2.14 bits per heavy atom. The van der Waals surface area contributed by atoms with Crippen LogP contribution in [0.5, 0.6) is 11.5 Å². The van der Waals surface area contributed by atoms with Crippen LogP contribution in [0.4, 0.5) is 0 Å². The zero-order chi connectivity index (χ0) is 15.6. The second-order valence-corrected chi connectivity index (χ2v) is 5.21. The highest BCUT2D eigenvalue weighted by atomic mass is 79.9. The molecule has 2 rings (SSSR count). The largest absolute Gasteiger partial charge is 0.503 e. The summed E-state index contributed by atoms with van der Waals surface area (Å²) in [5, 5.41) is 25.7. The van der Waals surface area contributed by atoms with Gasteiger partial charge in [0.2, 0.25) is 0 Å². The Hall–Kier alpha value is -2.28. The highest BCUT2D eigenvalue weighted by molar-refractivity contribution is 9.10. The number of carboxylic acids is 1. The molecule has 7 heteroatoms. The third-order valence-corrected chi connectivity index (χ3v) is 3.40. The monoisotopic (exact) mass is 352 g/mol.